The Balaban J connectivity index is 2.62. The molecule has 1 aromatic rings. The van der Waals surface area contributed by atoms with E-state index in [2.05, 4.69) is 10.7 Å². The van der Waals surface area contributed by atoms with Gasteiger partial charge in [0.05, 0.1) is 5.69 Å². The highest BCUT2D eigenvalue weighted by atomic mass is 16.6. The summed E-state index contributed by atoms with van der Waals surface area (Å²) < 4.78 is 5.11. The number of nitrogens with two attached hydrogens (primary N) is 1. The predicted octanol–water partition coefficient (Wildman–Crippen LogP) is 2.32. The molecule has 0 unspecified atom stereocenters. The van der Waals surface area contributed by atoms with E-state index in [1.54, 1.807) is 24.3 Å². The summed E-state index contributed by atoms with van der Waals surface area (Å²) in [7, 11) is 0. The number of nitrogen functional groups attached to an aromatic ring is 1. The molecule has 0 aromatic heterocycles. The minimum Gasteiger partial charge on any atom is -0.444 e. The van der Waals surface area contributed by atoms with Gasteiger partial charge in [0, 0.05) is 5.69 Å². The van der Waals surface area contributed by atoms with Crippen molar-refractivity contribution in [3.05, 3.63) is 24.3 Å². The molecule has 5 heteroatoms. The molecule has 0 saturated carbocycles. The van der Waals surface area contributed by atoms with Crippen molar-refractivity contribution in [2.45, 2.75) is 26.4 Å². The van der Waals surface area contributed by atoms with E-state index in [4.69, 9.17) is 10.6 Å². The zero-order valence-electron chi connectivity index (χ0n) is 9.70. The van der Waals surface area contributed by atoms with Crippen molar-refractivity contribution in [3.8, 4) is 0 Å². The van der Waals surface area contributed by atoms with Crippen LogP contribution in [0.2, 0.25) is 0 Å². The van der Waals surface area contributed by atoms with Gasteiger partial charge in [0.2, 0.25) is 0 Å². The van der Waals surface area contributed by atoms with Gasteiger partial charge < -0.3 is 10.2 Å². The summed E-state index contributed by atoms with van der Waals surface area (Å²) in [6.45, 7) is 5.43. The number of anilines is 2. The Morgan fingerprint density at radius 2 is 1.94 bits per heavy atom. The molecular weight excluding hydrogens is 206 g/mol. The molecule has 4 N–H and O–H groups in total. The molecule has 88 valence electrons. The van der Waals surface area contributed by atoms with E-state index in [-0.39, 0.29) is 0 Å². The molecule has 0 radical (unpaired) electrons. The number of hydrogen-bond acceptors (Lipinski definition) is 4. The topological polar surface area (TPSA) is 76.4 Å². The molecule has 0 aliphatic rings. The molecule has 16 heavy (non-hydrogen) atoms. The first-order chi connectivity index (χ1) is 7.40. The van der Waals surface area contributed by atoms with Gasteiger partial charge >= 0.3 is 6.09 Å². The van der Waals surface area contributed by atoms with Gasteiger partial charge in [-0.05, 0) is 39.0 Å². The lowest BCUT2D eigenvalue weighted by atomic mass is 10.2. The van der Waals surface area contributed by atoms with Crippen molar-refractivity contribution in [3.63, 3.8) is 0 Å². The highest BCUT2D eigenvalue weighted by molar-refractivity contribution is 5.85. The lowest BCUT2D eigenvalue weighted by molar-refractivity contribution is 0.0636. The fourth-order valence-electron chi connectivity index (χ4n) is 1.11. The van der Waals surface area contributed by atoms with Crippen LogP contribution in [0, 0.1) is 0 Å². The Morgan fingerprint density at radius 1 is 1.31 bits per heavy atom. The second-order valence-electron chi connectivity index (χ2n) is 4.35. The van der Waals surface area contributed by atoms with Crippen LogP contribution in [-0.2, 0) is 4.74 Å². The van der Waals surface area contributed by atoms with Crippen LogP contribution in [0.4, 0.5) is 16.2 Å². The zero-order chi connectivity index (χ0) is 12.2. The first-order valence-electron chi connectivity index (χ1n) is 4.97. The minimum absolute atomic E-state index is 0.485. The highest BCUT2D eigenvalue weighted by Gasteiger charge is 2.16. The molecule has 0 saturated heterocycles. The summed E-state index contributed by atoms with van der Waals surface area (Å²) in [5, 5.41) is 2.62. The monoisotopic (exact) mass is 223 g/mol. The normalized spacial score (nSPS) is 10.8. The van der Waals surface area contributed by atoms with Crippen molar-refractivity contribution in [1.82, 2.24) is 0 Å². The van der Waals surface area contributed by atoms with Crippen LogP contribution in [0.15, 0.2) is 24.3 Å². The number of nitrogens with one attached hydrogen (secondary N) is 2. The average molecular weight is 223 g/mol. The molecule has 0 atom stereocenters. The third kappa shape index (κ3) is 4.18. The second-order valence-corrected chi connectivity index (χ2v) is 4.35. The van der Waals surface area contributed by atoms with Crippen molar-refractivity contribution < 1.29 is 9.53 Å². The summed E-state index contributed by atoms with van der Waals surface area (Å²) in [5.74, 6) is 5.26. The van der Waals surface area contributed by atoms with E-state index in [9.17, 15) is 4.79 Å². The van der Waals surface area contributed by atoms with Gasteiger partial charge in [-0.15, -0.1) is 0 Å². The van der Waals surface area contributed by atoms with E-state index >= 15 is 0 Å². The van der Waals surface area contributed by atoms with Crippen molar-refractivity contribution >= 4 is 17.5 Å². The summed E-state index contributed by atoms with van der Waals surface area (Å²) >= 11 is 0. The largest absolute Gasteiger partial charge is 0.444 e. The van der Waals surface area contributed by atoms with Gasteiger partial charge in [0.1, 0.15) is 5.60 Å². The predicted molar refractivity (Wildman–Crippen MR) is 64.1 cm³/mol. The molecule has 1 rings (SSSR count). The van der Waals surface area contributed by atoms with E-state index < -0.39 is 11.7 Å². The van der Waals surface area contributed by atoms with Crippen LogP contribution < -0.4 is 16.6 Å². The Labute approximate surface area is 94.9 Å². The van der Waals surface area contributed by atoms with Crippen LogP contribution >= 0.6 is 0 Å². The highest BCUT2D eigenvalue weighted by Crippen LogP contribution is 2.15. The Morgan fingerprint density at radius 3 is 2.50 bits per heavy atom. The molecule has 0 aliphatic carbocycles. The maximum atomic E-state index is 11.4. The van der Waals surface area contributed by atoms with Gasteiger partial charge in [-0.1, -0.05) is 6.07 Å². The van der Waals surface area contributed by atoms with E-state index in [0.29, 0.717) is 11.4 Å². The molecule has 1 aromatic carbocycles. The second kappa shape index (κ2) is 4.85. The van der Waals surface area contributed by atoms with E-state index in [1.807, 2.05) is 20.8 Å². The fourth-order valence-corrected chi connectivity index (χ4v) is 1.11. The van der Waals surface area contributed by atoms with Gasteiger partial charge in [-0.2, -0.15) is 0 Å². The Hall–Kier alpha value is -1.75. The van der Waals surface area contributed by atoms with Gasteiger partial charge in [0.25, 0.3) is 0 Å². The maximum absolute atomic E-state index is 11.4. The van der Waals surface area contributed by atoms with Crippen LogP contribution in [0.25, 0.3) is 0 Å². The molecule has 0 fully saturated rings. The summed E-state index contributed by atoms with van der Waals surface area (Å²) in [6.07, 6.45) is -0.485. The van der Waals surface area contributed by atoms with Crippen molar-refractivity contribution in [1.29, 1.82) is 0 Å². The standard InChI is InChI=1S/C11H17N3O2/c1-11(2,3)16-10(15)13-8-5-4-6-9(7-8)14-12/h4-7,14H,12H2,1-3H3,(H,13,15). The third-order valence-electron chi connectivity index (χ3n) is 1.67. The number of hydrogen-bond donors (Lipinski definition) is 3. The third-order valence-corrected chi connectivity index (χ3v) is 1.67. The van der Waals surface area contributed by atoms with E-state index in [0.717, 1.165) is 0 Å². The van der Waals surface area contributed by atoms with Crippen LogP contribution in [0.3, 0.4) is 0 Å². The quantitative estimate of drug-likeness (QED) is 0.531. The molecule has 1 amide bonds. The minimum atomic E-state index is -0.506. The first kappa shape index (κ1) is 12.3. The molecular formula is C11H17N3O2. The lowest BCUT2D eigenvalue weighted by Gasteiger charge is -2.19. The molecule has 0 spiro atoms. The number of hydrazine groups is 1. The number of amides is 1. The summed E-state index contributed by atoms with van der Waals surface area (Å²) in [5.41, 5.74) is 3.34. The van der Waals surface area contributed by atoms with Crippen molar-refractivity contribution in [2.24, 2.45) is 5.84 Å². The van der Waals surface area contributed by atoms with Crippen LogP contribution in [-0.4, -0.2) is 11.7 Å². The maximum Gasteiger partial charge on any atom is 0.412 e. The van der Waals surface area contributed by atoms with Gasteiger partial charge in [-0.25, -0.2) is 4.79 Å². The molecule has 0 aliphatic heterocycles. The SMILES string of the molecule is CC(C)(C)OC(=O)Nc1cccc(NN)c1. The smallest absolute Gasteiger partial charge is 0.412 e. The summed E-state index contributed by atoms with van der Waals surface area (Å²) in [6, 6.07) is 7.04. The number of ether oxygens (including phenoxy) is 1. The zero-order valence-corrected chi connectivity index (χ0v) is 9.70. The Kier molecular flexibility index (Phi) is 3.73. The number of carbonyl (C=O) groups is 1. The number of carbonyl (C=O) groups excluding carboxylic acids is 1. The molecule has 5 nitrogen and oxygen atoms in total. The van der Waals surface area contributed by atoms with Crippen molar-refractivity contribution in [2.75, 3.05) is 10.7 Å². The fraction of sp³-hybridized carbons (Fsp3) is 0.364. The molecule has 0 bridgehead atoms. The van der Waals surface area contributed by atoms with E-state index in [1.165, 1.54) is 0 Å². The van der Waals surface area contributed by atoms with Gasteiger partial charge in [-0.3, -0.25) is 11.2 Å². The van der Waals surface area contributed by atoms with Crippen LogP contribution in [0.1, 0.15) is 20.8 Å². The number of benzene rings is 1. The Bertz CT molecular complexity index is 372. The molecule has 0 heterocycles. The first-order valence-corrected chi connectivity index (χ1v) is 4.97. The summed E-state index contributed by atoms with van der Waals surface area (Å²) in [4.78, 5) is 11.4. The number of rotatable bonds is 2. The average Bonchev–Trinajstić information content (AvgIpc) is 2.15. The van der Waals surface area contributed by atoms with Crippen LogP contribution in [0.5, 0.6) is 0 Å². The lowest BCUT2D eigenvalue weighted by Crippen LogP contribution is -2.27. The van der Waals surface area contributed by atoms with Gasteiger partial charge in [0.15, 0.2) is 0 Å².